The van der Waals surface area contributed by atoms with E-state index in [0.717, 1.165) is 51.6 Å². The summed E-state index contributed by atoms with van der Waals surface area (Å²) < 4.78 is 0. The average Bonchev–Trinajstić information content (AvgIpc) is 2.98. The largest absolute Gasteiger partial charge is 0.343 e. The highest BCUT2D eigenvalue weighted by atomic mass is 16.2. The number of piperidine rings is 1. The zero-order valence-electron chi connectivity index (χ0n) is 13.2. The summed E-state index contributed by atoms with van der Waals surface area (Å²) in [4.78, 5) is 25.8. The minimum atomic E-state index is -0.0299. The molecule has 120 valence electrons. The van der Waals surface area contributed by atoms with E-state index in [-0.39, 0.29) is 18.0 Å². The van der Waals surface area contributed by atoms with Crippen LogP contribution in [-0.2, 0) is 4.79 Å². The van der Waals surface area contributed by atoms with E-state index < -0.39 is 0 Å². The van der Waals surface area contributed by atoms with Gasteiger partial charge < -0.3 is 15.5 Å². The van der Waals surface area contributed by atoms with E-state index in [9.17, 15) is 9.59 Å². The molecule has 1 heterocycles. The van der Waals surface area contributed by atoms with Crippen molar-refractivity contribution < 1.29 is 9.59 Å². The Morgan fingerprint density at radius 2 is 1.57 bits per heavy atom. The first-order valence-electron chi connectivity index (χ1n) is 8.54. The first-order chi connectivity index (χ1) is 10.2. The third-order valence-corrected chi connectivity index (χ3v) is 4.62. The number of carbonyl (C=O) groups excluding carboxylic acids is 2. The summed E-state index contributed by atoms with van der Waals surface area (Å²) in [6.07, 6.45) is 9.11. The molecule has 1 aliphatic carbocycles. The number of amides is 3. The van der Waals surface area contributed by atoms with Crippen LogP contribution in [0.1, 0.15) is 64.7 Å². The number of likely N-dealkylation sites (tertiary alicyclic amines) is 1. The molecule has 5 nitrogen and oxygen atoms in total. The quantitative estimate of drug-likeness (QED) is 0.818. The van der Waals surface area contributed by atoms with Gasteiger partial charge in [-0.25, -0.2) is 4.79 Å². The lowest BCUT2D eigenvalue weighted by atomic mass is 10.0. The van der Waals surface area contributed by atoms with Gasteiger partial charge in [-0.15, -0.1) is 0 Å². The number of nitrogens with one attached hydrogen (secondary N) is 2. The van der Waals surface area contributed by atoms with Gasteiger partial charge in [-0.2, -0.15) is 0 Å². The van der Waals surface area contributed by atoms with Crippen molar-refractivity contribution in [3.05, 3.63) is 0 Å². The summed E-state index contributed by atoms with van der Waals surface area (Å²) >= 11 is 0. The third kappa shape index (κ3) is 5.21. The Kier molecular flexibility index (Phi) is 6.33. The Morgan fingerprint density at radius 1 is 1.00 bits per heavy atom. The van der Waals surface area contributed by atoms with Gasteiger partial charge >= 0.3 is 6.03 Å². The second-order valence-corrected chi connectivity index (χ2v) is 6.36. The van der Waals surface area contributed by atoms with E-state index in [0.29, 0.717) is 12.5 Å². The molecule has 0 radical (unpaired) electrons. The third-order valence-electron chi connectivity index (χ3n) is 4.62. The number of urea groups is 1. The molecule has 0 aromatic carbocycles. The lowest BCUT2D eigenvalue weighted by molar-refractivity contribution is -0.132. The highest BCUT2D eigenvalue weighted by Crippen LogP contribution is 2.17. The smallest absolute Gasteiger partial charge is 0.315 e. The fourth-order valence-corrected chi connectivity index (χ4v) is 3.24. The van der Waals surface area contributed by atoms with Gasteiger partial charge in [0, 0.05) is 31.6 Å². The topological polar surface area (TPSA) is 61.4 Å². The molecule has 5 heteroatoms. The molecule has 21 heavy (non-hydrogen) atoms. The van der Waals surface area contributed by atoms with Crippen molar-refractivity contribution in [2.75, 3.05) is 13.1 Å². The Morgan fingerprint density at radius 3 is 2.14 bits per heavy atom. The van der Waals surface area contributed by atoms with E-state index in [1.807, 2.05) is 4.90 Å². The molecule has 0 aromatic rings. The fraction of sp³-hybridized carbons (Fsp3) is 0.875. The molecule has 1 aliphatic heterocycles. The summed E-state index contributed by atoms with van der Waals surface area (Å²) in [7, 11) is 0. The van der Waals surface area contributed by atoms with E-state index >= 15 is 0 Å². The predicted molar refractivity (Wildman–Crippen MR) is 83.1 cm³/mol. The van der Waals surface area contributed by atoms with E-state index in [2.05, 4.69) is 17.6 Å². The second kappa shape index (κ2) is 8.25. The van der Waals surface area contributed by atoms with Crippen molar-refractivity contribution >= 4 is 11.9 Å². The van der Waals surface area contributed by atoms with Gasteiger partial charge in [-0.05, 0) is 32.1 Å². The van der Waals surface area contributed by atoms with Crippen LogP contribution in [-0.4, -0.2) is 42.0 Å². The molecule has 2 aliphatic rings. The number of hydrogen-bond donors (Lipinski definition) is 2. The Bertz CT molecular complexity index is 345. The van der Waals surface area contributed by atoms with Crippen LogP contribution in [0.4, 0.5) is 4.79 Å². The van der Waals surface area contributed by atoms with Gasteiger partial charge in [-0.3, -0.25) is 4.79 Å². The number of hydrogen-bond acceptors (Lipinski definition) is 2. The highest BCUT2D eigenvalue weighted by Gasteiger charge is 2.24. The van der Waals surface area contributed by atoms with E-state index in [1.165, 1.54) is 12.8 Å². The Hall–Kier alpha value is -1.26. The van der Waals surface area contributed by atoms with Crippen LogP contribution in [0.5, 0.6) is 0 Å². The molecule has 2 N–H and O–H groups in total. The molecule has 1 saturated carbocycles. The van der Waals surface area contributed by atoms with Crippen LogP contribution in [0.25, 0.3) is 0 Å². The van der Waals surface area contributed by atoms with Gasteiger partial charge in [0.2, 0.25) is 5.91 Å². The van der Waals surface area contributed by atoms with E-state index in [1.54, 1.807) is 0 Å². The van der Waals surface area contributed by atoms with Crippen LogP contribution in [0.3, 0.4) is 0 Å². The molecule has 0 bridgehead atoms. The number of rotatable bonds is 5. The number of nitrogens with zero attached hydrogens (tertiary/aromatic N) is 1. The molecule has 3 amide bonds. The average molecular weight is 295 g/mol. The summed E-state index contributed by atoms with van der Waals surface area (Å²) in [6.45, 7) is 3.65. The molecule has 1 saturated heterocycles. The van der Waals surface area contributed by atoms with Crippen LogP contribution in [0.2, 0.25) is 0 Å². The lowest BCUT2D eigenvalue weighted by Gasteiger charge is -2.32. The molecule has 0 spiro atoms. The van der Waals surface area contributed by atoms with Crippen molar-refractivity contribution in [1.82, 2.24) is 15.5 Å². The van der Waals surface area contributed by atoms with Crippen molar-refractivity contribution in [1.29, 1.82) is 0 Å². The zero-order chi connectivity index (χ0) is 15.1. The summed E-state index contributed by atoms with van der Waals surface area (Å²) in [5, 5.41) is 6.12. The predicted octanol–water partition coefficient (Wildman–Crippen LogP) is 2.41. The summed E-state index contributed by atoms with van der Waals surface area (Å²) in [5.74, 6) is 0.269. The lowest BCUT2D eigenvalue weighted by Crippen LogP contribution is -2.50. The molecule has 0 aromatic heterocycles. The van der Waals surface area contributed by atoms with Crippen LogP contribution < -0.4 is 10.6 Å². The second-order valence-electron chi connectivity index (χ2n) is 6.36. The maximum Gasteiger partial charge on any atom is 0.315 e. The molecule has 0 unspecified atom stereocenters. The van der Waals surface area contributed by atoms with Gasteiger partial charge in [-0.1, -0.05) is 26.2 Å². The van der Waals surface area contributed by atoms with Gasteiger partial charge in [0.1, 0.15) is 0 Å². The zero-order valence-corrected chi connectivity index (χ0v) is 13.2. The summed E-state index contributed by atoms with van der Waals surface area (Å²) in [5.41, 5.74) is 0. The SMILES string of the molecule is CCCCC(=O)N1CCC(NC(=O)NC2CCCC2)CC1. The Balaban J connectivity index is 1.64. The van der Waals surface area contributed by atoms with Crippen LogP contribution in [0.15, 0.2) is 0 Å². The van der Waals surface area contributed by atoms with Crippen molar-refractivity contribution in [2.24, 2.45) is 0 Å². The van der Waals surface area contributed by atoms with Crippen LogP contribution >= 0.6 is 0 Å². The van der Waals surface area contributed by atoms with Gasteiger partial charge in [0.15, 0.2) is 0 Å². The van der Waals surface area contributed by atoms with Crippen molar-refractivity contribution in [3.63, 3.8) is 0 Å². The van der Waals surface area contributed by atoms with Crippen LogP contribution in [0, 0.1) is 0 Å². The normalized spacial score (nSPS) is 20.5. The first-order valence-corrected chi connectivity index (χ1v) is 8.54. The number of unbranched alkanes of at least 4 members (excludes halogenated alkanes) is 1. The van der Waals surface area contributed by atoms with Crippen molar-refractivity contribution in [2.45, 2.75) is 76.8 Å². The fourth-order valence-electron chi connectivity index (χ4n) is 3.24. The molecule has 2 rings (SSSR count). The summed E-state index contributed by atoms with van der Waals surface area (Å²) in [6, 6.07) is 0.542. The molecular weight excluding hydrogens is 266 g/mol. The van der Waals surface area contributed by atoms with Crippen molar-refractivity contribution in [3.8, 4) is 0 Å². The minimum Gasteiger partial charge on any atom is -0.343 e. The van der Waals surface area contributed by atoms with E-state index in [4.69, 9.17) is 0 Å². The standard InChI is InChI=1S/C16H29N3O2/c1-2-3-8-15(20)19-11-9-14(10-12-19)18-16(21)17-13-6-4-5-7-13/h13-14H,2-12H2,1H3,(H2,17,18,21). The maximum absolute atomic E-state index is 11.9. The molecule has 0 atom stereocenters. The minimum absolute atomic E-state index is 0.0299. The highest BCUT2D eigenvalue weighted by molar-refractivity contribution is 5.76. The molecular formula is C16H29N3O2. The van der Waals surface area contributed by atoms with Gasteiger partial charge in [0.25, 0.3) is 0 Å². The Labute approximate surface area is 127 Å². The first kappa shape index (κ1) is 16.1. The molecule has 2 fully saturated rings. The monoisotopic (exact) mass is 295 g/mol. The maximum atomic E-state index is 11.9. The van der Waals surface area contributed by atoms with Gasteiger partial charge in [0.05, 0.1) is 0 Å². The number of carbonyl (C=O) groups is 2.